The molecule has 0 saturated carbocycles. The Hall–Kier alpha value is -3.39. The van der Waals surface area contributed by atoms with E-state index in [1.165, 1.54) is 12.1 Å². The molecule has 3 rings (SSSR count). The van der Waals surface area contributed by atoms with Gasteiger partial charge in [0.2, 0.25) is 0 Å². The maximum absolute atomic E-state index is 13.1. The lowest BCUT2D eigenvalue weighted by Gasteiger charge is -2.09. The summed E-state index contributed by atoms with van der Waals surface area (Å²) in [6, 6.07) is 17.1. The van der Waals surface area contributed by atoms with E-state index in [9.17, 15) is 14.4 Å². The summed E-state index contributed by atoms with van der Waals surface area (Å²) in [5.41, 5.74) is 2.66. The summed E-state index contributed by atoms with van der Waals surface area (Å²) in [6.45, 7) is 2.07. The smallest absolute Gasteiger partial charge is 0.266 e. The van der Waals surface area contributed by atoms with Gasteiger partial charge in [-0.2, -0.15) is 5.26 Å². The highest BCUT2D eigenvalue weighted by atomic mass is 19.1. The van der Waals surface area contributed by atoms with Crippen molar-refractivity contribution in [2.75, 3.05) is 0 Å². The summed E-state index contributed by atoms with van der Waals surface area (Å²) in [6.07, 6.45) is 0. The molecule has 1 N–H and O–H groups in total. The van der Waals surface area contributed by atoms with Gasteiger partial charge in [-0.15, -0.1) is 0 Å². The second-order valence-corrected chi connectivity index (χ2v) is 5.62. The van der Waals surface area contributed by atoms with E-state index in [0.29, 0.717) is 23.6 Å². The molecule has 0 saturated heterocycles. The highest BCUT2D eigenvalue weighted by Crippen LogP contribution is 2.23. The minimum atomic E-state index is -0.393. The third-order valence-electron chi connectivity index (χ3n) is 3.75. The monoisotopic (exact) mass is 334 g/mol. The Labute approximate surface area is 144 Å². The average Bonchev–Trinajstić information content (AvgIpc) is 2.60. The van der Waals surface area contributed by atoms with Crippen molar-refractivity contribution in [1.29, 1.82) is 5.26 Å². The molecule has 1 heterocycles. The number of benzene rings is 2. The van der Waals surface area contributed by atoms with Gasteiger partial charge in [-0.1, -0.05) is 30.3 Å². The molecule has 4 nitrogen and oxygen atoms in total. The van der Waals surface area contributed by atoms with Crippen LogP contribution in [0.4, 0.5) is 4.39 Å². The molecule has 0 radical (unpaired) electrons. The topological polar surface area (TPSA) is 65.9 Å². The Morgan fingerprint density at radius 3 is 2.60 bits per heavy atom. The Bertz CT molecular complexity index is 1000. The predicted molar refractivity (Wildman–Crippen MR) is 92.7 cm³/mol. The highest BCUT2D eigenvalue weighted by Gasteiger charge is 2.10. The zero-order valence-electron chi connectivity index (χ0n) is 13.5. The van der Waals surface area contributed by atoms with Crippen LogP contribution >= 0.6 is 0 Å². The third-order valence-corrected chi connectivity index (χ3v) is 3.75. The van der Waals surface area contributed by atoms with Gasteiger partial charge in [0.1, 0.15) is 29.8 Å². The molecule has 0 spiro atoms. The number of aryl methyl sites for hydroxylation is 1. The van der Waals surface area contributed by atoms with E-state index in [4.69, 9.17) is 4.74 Å². The van der Waals surface area contributed by atoms with Gasteiger partial charge in [0.25, 0.3) is 5.56 Å². The number of hydrogen-bond acceptors (Lipinski definition) is 3. The number of nitrogens with zero attached hydrogens (tertiary/aromatic N) is 1. The zero-order chi connectivity index (χ0) is 17.8. The number of halogens is 1. The van der Waals surface area contributed by atoms with Crippen molar-refractivity contribution in [1.82, 2.24) is 4.98 Å². The molecule has 25 heavy (non-hydrogen) atoms. The van der Waals surface area contributed by atoms with Crippen molar-refractivity contribution in [2.45, 2.75) is 13.5 Å². The Balaban J connectivity index is 1.81. The van der Waals surface area contributed by atoms with Crippen LogP contribution in [0.3, 0.4) is 0 Å². The molecule has 0 aliphatic carbocycles. The van der Waals surface area contributed by atoms with Crippen LogP contribution in [0.15, 0.2) is 59.4 Å². The molecule has 0 aliphatic heterocycles. The third kappa shape index (κ3) is 3.75. The standard InChI is InChI=1S/C20H15FN2O2/c1-13-9-18(19(11-22)20(24)23-13)15-7-5-14(6-8-15)12-25-17-4-2-3-16(21)10-17/h2-10H,12H2,1H3,(H,23,24). The highest BCUT2D eigenvalue weighted by molar-refractivity contribution is 5.70. The van der Waals surface area contributed by atoms with Crippen molar-refractivity contribution in [3.8, 4) is 22.9 Å². The zero-order valence-corrected chi connectivity index (χ0v) is 13.5. The normalized spacial score (nSPS) is 10.3. The van der Waals surface area contributed by atoms with E-state index in [1.54, 1.807) is 25.1 Å². The largest absolute Gasteiger partial charge is 0.489 e. The number of hydrogen-bond donors (Lipinski definition) is 1. The van der Waals surface area contributed by atoms with E-state index >= 15 is 0 Å². The Morgan fingerprint density at radius 1 is 1.16 bits per heavy atom. The first-order valence-electron chi connectivity index (χ1n) is 7.68. The predicted octanol–water partition coefficient (Wildman–Crippen LogP) is 3.94. The molecule has 3 aromatic rings. The van der Waals surface area contributed by atoms with E-state index in [0.717, 1.165) is 11.1 Å². The molecule has 0 fully saturated rings. The van der Waals surface area contributed by atoms with Gasteiger partial charge in [-0.3, -0.25) is 4.79 Å². The van der Waals surface area contributed by atoms with Gasteiger partial charge in [0.05, 0.1) is 0 Å². The van der Waals surface area contributed by atoms with Crippen LogP contribution in [-0.4, -0.2) is 4.98 Å². The molecule has 2 aromatic carbocycles. The van der Waals surface area contributed by atoms with Crippen molar-refractivity contribution in [3.63, 3.8) is 0 Å². The first-order valence-corrected chi connectivity index (χ1v) is 7.68. The minimum absolute atomic E-state index is 0.0920. The number of aromatic amines is 1. The van der Waals surface area contributed by atoms with Crippen LogP contribution in [0.5, 0.6) is 5.75 Å². The molecule has 0 aliphatic rings. The van der Waals surface area contributed by atoms with Gasteiger partial charge in [-0.05, 0) is 36.2 Å². The Morgan fingerprint density at radius 2 is 1.92 bits per heavy atom. The van der Waals surface area contributed by atoms with Crippen molar-refractivity contribution < 1.29 is 9.13 Å². The Kier molecular flexibility index (Phi) is 4.62. The molecular formula is C20H15FN2O2. The first-order chi connectivity index (χ1) is 12.1. The minimum Gasteiger partial charge on any atom is -0.489 e. The SMILES string of the molecule is Cc1cc(-c2ccc(COc3cccc(F)c3)cc2)c(C#N)c(=O)[nH]1. The van der Waals surface area contributed by atoms with Crippen LogP contribution < -0.4 is 10.3 Å². The summed E-state index contributed by atoms with van der Waals surface area (Å²) in [7, 11) is 0. The number of ether oxygens (including phenoxy) is 1. The lowest BCUT2D eigenvalue weighted by atomic mass is 10.00. The summed E-state index contributed by atoms with van der Waals surface area (Å²) < 4.78 is 18.7. The number of pyridine rings is 1. The number of nitrogens with one attached hydrogen (secondary N) is 1. The van der Waals surface area contributed by atoms with Gasteiger partial charge in [-0.25, -0.2) is 4.39 Å². The number of H-pyrrole nitrogens is 1. The molecule has 0 unspecified atom stereocenters. The van der Waals surface area contributed by atoms with Gasteiger partial charge >= 0.3 is 0 Å². The molecular weight excluding hydrogens is 319 g/mol. The van der Waals surface area contributed by atoms with Gasteiger partial charge < -0.3 is 9.72 Å². The maximum atomic E-state index is 13.1. The summed E-state index contributed by atoms with van der Waals surface area (Å²) >= 11 is 0. The summed E-state index contributed by atoms with van der Waals surface area (Å²) in [5.74, 6) is 0.114. The maximum Gasteiger partial charge on any atom is 0.266 e. The van der Waals surface area contributed by atoms with E-state index in [1.807, 2.05) is 30.3 Å². The molecule has 0 bridgehead atoms. The fourth-order valence-corrected chi connectivity index (χ4v) is 2.53. The van der Waals surface area contributed by atoms with E-state index < -0.39 is 5.56 Å². The fraction of sp³-hybridized carbons (Fsp3) is 0.100. The number of aromatic nitrogens is 1. The number of rotatable bonds is 4. The van der Waals surface area contributed by atoms with Crippen molar-refractivity contribution in [2.24, 2.45) is 0 Å². The fourth-order valence-electron chi connectivity index (χ4n) is 2.53. The lowest BCUT2D eigenvalue weighted by Crippen LogP contribution is -2.12. The van der Waals surface area contributed by atoms with Crippen molar-refractivity contribution >= 4 is 0 Å². The quantitative estimate of drug-likeness (QED) is 0.786. The molecule has 5 heteroatoms. The molecule has 1 aromatic heterocycles. The van der Waals surface area contributed by atoms with Crippen LogP contribution in [0.25, 0.3) is 11.1 Å². The van der Waals surface area contributed by atoms with Crippen LogP contribution in [0.1, 0.15) is 16.8 Å². The summed E-state index contributed by atoms with van der Waals surface area (Å²) in [4.78, 5) is 14.5. The van der Waals surface area contributed by atoms with Crippen molar-refractivity contribution in [3.05, 3.63) is 87.6 Å². The molecule has 0 atom stereocenters. The van der Waals surface area contributed by atoms with Crippen LogP contribution in [0.2, 0.25) is 0 Å². The first kappa shape index (κ1) is 16.5. The average molecular weight is 334 g/mol. The van der Waals surface area contributed by atoms with E-state index in [-0.39, 0.29) is 11.4 Å². The van der Waals surface area contributed by atoms with Gasteiger partial charge in [0.15, 0.2) is 0 Å². The number of nitriles is 1. The lowest BCUT2D eigenvalue weighted by molar-refractivity contribution is 0.304. The van der Waals surface area contributed by atoms with Crippen LogP contribution in [0, 0.1) is 24.1 Å². The molecule has 0 amide bonds. The van der Waals surface area contributed by atoms with Gasteiger partial charge in [0, 0.05) is 17.3 Å². The van der Waals surface area contributed by atoms with E-state index in [2.05, 4.69) is 4.98 Å². The second kappa shape index (κ2) is 7.02. The summed E-state index contributed by atoms with van der Waals surface area (Å²) in [5, 5.41) is 9.22. The molecule has 124 valence electrons. The van der Waals surface area contributed by atoms with Crippen LogP contribution in [-0.2, 0) is 6.61 Å². The second-order valence-electron chi connectivity index (χ2n) is 5.62.